The number of hydrogen-bond donors (Lipinski definition) is 2. The number of carbonyl (C=O) groups excluding carboxylic acids is 1. The van der Waals surface area contributed by atoms with Crippen molar-refractivity contribution in [1.82, 2.24) is 19.1 Å². The molecule has 0 unspecified atom stereocenters. The lowest BCUT2D eigenvalue weighted by Gasteiger charge is -2.32. The average molecular weight is 680 g/mol. The molecule has 0 amide bonds. The average Bonchev–Trinajstić information content (AvgIpc) is 3.75. The maximum absolute atomic E-state index is 14.1. The van der Waals surface area contributed by atoms with Gasteiger partial charge in [0.05, 0.1) is 28.4 Å². The number of alkyl halides is 2. The first-order valence-corrected chi connectivity index (χ1v) is 17.0. The van der Waals surface area contributed by atoms with E-state index in [2.05, 4.69) is 10.1 Å². The zero-order chi connectivity index (χ0) is 33.7. The third kappa shape index (κ3) is 6.01. The molecule has 3 N–H and O–H groups in total. The molecule has 2 aromatic heterocycles. The Morgan fingerprint density at radius 2 is 1.77 bits per heavy atom. The number of nitrogens with two attached hydrogens (primary N) is 1. The number of carbonyl (C=O) groups is 1. The lowest BCUT2D eigenvalue weighted by atomic mass is 9.89. The van der Waals surface area contributed by atoms with E-state index in [1.165, 1.54) is 33.4 Å². The van der Waals surface area contributed by atoms with Crippen molar-refractivity contribution in [2.75, 3.05) is 18.8 Å². The van der Waals surface area contributed by atoms with Crippen LogP contribution in [0.25, 0.3) is 16.6 Å². The van der Waals surface area contributed by atoms with Crippen LogP contribution in [0.5, 0.6) is 17.2 Å². The van der Waals surface area contributed by atoms with Crippen LogP contribution >= 0.6 is 0 Å². The summed E-state index contributed by atoms with van der Waals surface area (Å²) in [4.78, 5) is 16.8. The summed E-state index contributed by atoms with van der Waals surface area (Å²) in [5, 5.41) is 4.52. The largest absolute Gasteiger partial charge is 0.454 e. The Kier molecular flexibility index (Phi) is 8.16. The summed E-state index contributed by atoms with van der Waals surface area (Å²) in [5.41, 5.74) is 9.07. The second-order valence-electron chi connectivity index (χ2n) is 12.1. The van der Waals surface area contributed by atoms with E-state index >= 15 is 0 Å². The minimum absolute atomic E-state index is 0.00997. The minimum Gasteiger partial charge on any atom is -0.454 e. The fourth-order valence-corrected chi connectivity index (χ4v) is 8.14. The first-order valence-electron chi connectivity index (χ1n) is 15.5. The van der Waals surface area contributed by atoms with Gasteiger partial charge in [-0.2, -0.15) is 13.9 Å². The van der Waals surface area contributed by atoms with Gasteiger partial charge in [0.2, 0.25) is 15.8 Å². The molecule has 48 heavy (non-hydrogen) atoms. The molecular weight excluding hydrogens is 647 g/mol. The van der Waals surface area contributed by atoms with E-state index < -0.39 is 28.2 Å². The summed E-state index contributed by atoms with van der Waals surface area (Å²) in [7, 11) is -3.32. The van der Waals surface area contributed by atoms with Crippen molar-refractivity contribution in [3.05, 3.63) is 95.1 Å². The molecule has 1 saturated carbocycles. The van der Waals surface area contributed by atoms with Crippen LogP contribution in [0.3, 0.4) is 0 Å². The van der Waals surface area contributed by atoms with E-state index in [9.17, 15) is 26.4 Å². The van der Waals surface area contributed by atoms with E-state index in [4.69, 9.17) is 15.2 Å². The summed E-state index contributed by atoms with van der Waals surface area (Å²) >= 11 is 0. The number of aromatic amines is 1. The number of para-hydroxylation sites is 1. The molecule has 0 atom stereocenters. The number of nitrogens with one attached hydrogen (secondary N) is 1. The summed E-state index contributed by atoms with van der Waals surface area (Å²) in [6.07, 6.45) is 3.61. The number of H-pyrrole nitrogens is 1. The molecule has 7 rings (SSSR count). The highest BCUT2D eigenvalue weighted by atomic mass is 32.2. The molecular formula is C34H32F3N5O5S. The zero-order valence-electron chi connectivity index (χ0n) is 25.8. The smallest absolute Gasteiger partial charge is 0.387 e. The number of ether oxygens (including phenoxy) is 2. The second-order valence-corrected chi connectivity index (χ2v) is 14.3. The Morgan fingerprint density at radius 1 is 1.02 bits per heavy atom. The predicted molar refractivity (Wildman–Crippen MR) is 173 cm³/mol. The van der Waals surface area contributed by atoms with Crippen LogP contribution in [0.4, 0.5) is 19.0 Å². The summed E-state index contributed by atoms with van der Waals surface area (Å²) in [5.74, 6) is -0.597. The maximum Gasteiger partial charge on any atom is 0.387 e. The van der Waals surface area contributed by atoms with Crippen LogP contribution in [0.15, 0.2) is 66.9 Å². The molecule has 1 aliphatic carbocycles. The number of sulfonamides is 1. The van der Waals surface area contributed by atoms with Crippen molar-refractivity contribution in [1.29, 1.82) is 0 Å². The number of nitrogen functional groups attached to an aromatic ring is 1. The molecule has 3 aromatic carbocycles. The van der Waals surface area contributed by atoms with Crippen LogP contribution in [-0.4, -0.2) is 58.2 Å². The summed E-state index contributed by atoms with van der Waals surface area (Å²) < 4.78 is 79.9. The molecule has 2 aliphatic rings. The lowest BCUT2D eigenvalue weighted by Crippen LogP contribution is -2.39. The molecule has 0 bridgehead atoms. The highest BCUT2D eigenvalue weighted by molar-refractivity contribution is 7.90. The third-order valence-corrected chi connectivity index (χ3v) is 11.3. The van der Waals surface area contributed by atoms with Gasteiger partial charge in [-0.25, -0.2) is 21.8 Å². The number of benzene rings is 3. The van der Waals surface area contributed by atoms with E-state index in [-0.39, 0.29) is 39.7 Å². The van der Waals surface area contributed by atoms with Gasteiger partial charge in [0.25, 0.3) is 0 Å². The Labute approximate surface area is 274 Å². The van der Waals surface area contributed by atoms with Crippen LogP contribution in [-0.2, 0) is 10.0 Å². The molecule has 0 spiro atoms. The van der Waals surface area contributed by atoms with E-state index in [0.717, 1.165) is 0 Å². The van der Waals surface area contributed by atoms with E-state index in [1.807, 2.05) is 0 Å². The molecule has 1 aliphatic heterocycles. The number of anilines is 1. The maximum atomic E-state index is 14.1. The van der Waals surface area contributed by atoms with E-state index in [0.29, 0.717) is 72.2 Å². The highest BCUT2D eigenvalue weighted by Gasteiger charge is 2.41. The molecule has 2 fully saturated rings. The highest BCUT2D eigenvalue weighted by Crippen LogP contribution is 2.40. The standard InChI is InChI=1S/C34H32F3N5O5S/c1-19-14-22(46-30-5-3-2-4-26(30)35)6-9-29(19)42-33(38)25(18-39-42)32(43)28-15-21-16-31(47-34(36)37)24(17-27(21)40-28)20-10-12-41(13-11-20)48(44,45)23-7-8-23/h2-6,9,14-18,20,23,34,40H,7-8,10-13,38H2,1H3. The van der Waals surface area contributed by atoms with Gasteiger partial charge in [-0.05, 0) is 98.2 Å². The Hall–Kier alpha value is -4.82. The van der Waals surface area contributed by atoms with Crippen molar-refractivity contribution in [2.24, 2.45) is 0 Å². The Bertz CT molecular complexity index is 2140. The number of aromatic nitrogens is 3. The van der Waals surface area contributed by atoms with Crippen molar-refractivity contribution in [2.45, 2.75) is 50.4 Å². The predicted octanol–water partition coefficient (Wildman–Crippen LogP) is 6.68. The number of hydrogen-bond acceptors (Lipinski definition) is 7. The normalized spacial score (nSPS) is 16.1. The van der Waals surface area contributed by atoms with Crippen molar-refractivity contribution < 1.29 is 35.9 Å². The number of piperidine rings is 1. The van der Waals surface area contributed by atoms with Crippen molar-refractivity contribution in [3.8, 4) is 22.9 Å². The molecule has 14 heteroatoms. The van der Waals surface area contributed by atoms with Crippen molar-refractivity contribution >= 4 is 32.5 Å². The van der Waals surface area contributed by atoms with Crippen LogP contribution in [0.1, 0.15) is 58.8 Å². The van der Waals surface area contributed by atoms with Gasteiger partial charge in [0.1, 0.15) is 17.3 Å². The summed E-state index contributed by atoms with van der Waals surface area (Å²) in [6.45, 7) is -0.663. The molecule has 5 aromatic rings. The first kappa shape index (κ1) is 31.8. The number of ketones is 1. The monoisotopic (exact) mass is 679 g/mol. The van der Waals surface area contributed by atoms with Crippen LogP contribution in [0, 0.1) is 12.7 Å². The Balaban J connectivity index is 1.13. The van der Waals surface area contributed by atoms with E-state index in [1.54, 1.807) is 49.4 Å². The van der Waals surface area contributed by atoms with Gasteiger partial charge in [0.15, 0.2) is 11.6 Å². The van der Waals surface area contributed by atoms with Crippen molar-refractivity contribution in [3.63, 3.8) is 0 Å². The fraction of sp³-hybridized carbons (Fsp3) is 0.294. The third-order valence-electron chi connectivity index (χ3n) is 8.92. The first-order chi connectivity index (χ1) is 23.0. The minimum atomic E-state index is -3.32. The molecule has 250 valence electrons. The van der Waals surface area contributed by atoms with Gasteiger partial charge in [-0.3, -0.25) is 4.79 Å². The summed E-state index contributed by atoms with van der Waals surface area (Å²) in [6, 6.07) is 15.8. The topological polar surface area (TPSA) is 133 Å². The van der Waals surface area contributed by atoms with Gasteiger partial charge in [0, 0.05) is 24.0 Å². The van der Waals surface area contributed by atoms with Crippen LogP contribution in [0.2, 0.25) is 0 Å². The molecule has 10 nitrogen and oxygen atoms in total. The van der Waals surface area contributed by atoms with Gasteiger partial charge in [-0.15, -0.1) is 0 Å². The fourth-order valence-electron chi connectivity index (χ4n) is 6.27. The zero-order valence-corrected chi connectivity index (χ0v) is 26.6. The number of aryl methyl sites for hydroxylation is 1. The Morgan fingerprint density at radius 3 is 2.46 bits per heavy atom. The lowest BCUT2D eigenvalue weighted by molar-refractivity contribution is -0.0506. The quantitative estimate of drug-likeness (QED) is 0.157. The van der Waals surface area contributed by atoms with Crippen LogP contribution < -0.4 is 15.2 Å². The SMILES string of the molecule is Cc1cc(Oc2ccccc2F)ccc1-n1ncc(C(=O)c2cc3cc(OC(F)F)c(C4CCN(S(=O)(=O)C5CC5)CC4)cc3[nH]2)c1N. The number of fused-ring (bicyclic) bond motifs is 1. The second kappa shape index (κ2) is 12.3. The molecule has 1 saturated heterocycles. The number of rotatable bonds is 10. The number of nitrogens with zero attached hydrogens (tertiary/aromatic N) is 3. The van der Waals surface area contributed by atoms with Gasteiger partial charge < -0.3 is 20.2 Å². The molecule has 0 radical (unpaired) electrons. The van der Waals surface area contributed by atoms with Gasteiger partial charge in [-0.1, -0.05) is 12.1 Å². The van der Waals surface area contributed by atoms with Gasteiger partial charge >= 0.3 is 6.61 Å². The number of halogens is 3. The molecule has 3 heterocycles.